The number of amides is 3. The molecule has 0 aliphatic carbocycles. The molecule has 2 aliphatic heterocycles. The Hall–Kier alpha value is -3.29. The van der Waals surface area contributed by atoms with E-state index in [1.54, 1.807) is 23.2 Å². The lowest BCUT2D eigenvalue weighted by Gasteiger charge is -2.29. The molecular formula is C21H23N5O3. The molecule has 2 N–H and O–H groups in total. The first-order valence-electron chi connectivity index (χ1n) is 9.60. The first-order valence-corrected chi connectivity index (χ1v) is 9.60. The molecule has 8 nitrogen and oxygen atoms in total. The molecule has 150 valence electrons. The van der Waals surface area contributed by atoms with E-state index in [1.165, 1.54) is 0 Å². The molecule has 8 heteroatoms. The first kappa shape index (κ1) is 19.0. The number of hydrogen-bond donors (Lipinski definition) is 2. The topological polar surface area (TPSA) is 104 Å². The average Bonchev–Trinajstić information content (AvgIpc) is 2.97. The Balaban J connectivity index is 1.54. The van der Waals surface area contributed by atoms with Crippen LogP contribution in [0.3, 0.4) is 0 Å². The molecule has 0 saturated carbocycles. The van der Waals surface area contributed by atoms with Gasteiger partial charge in [0.2, 0.25) is 11.8 Å². The maximum Gasteiger partial charge on any atom is 0.255 e. The number of hydrogen-bond acceptors (Lipinski definition) is 6. The number of aromatic nitrogens is 2. The van der Waals surface area contributed by atoms with Crippen LogP contribution in [0.15, 0.2) is 30.5 Å². The van der Waals surface area contributed by atoms with Crippen molar-refractivity contribution in [3.05, 3.63) is 47.4 Å². The molecule has 2 aromatic rings. The highest BCUT2D eigenvalue weighted by Gasteiger charge is 2.39. The van der Waals surface area contributed by atoms with Crippen molar-refractivity contribution in [3.63, 3.8) is 0 Å². The average molecular weight is 393 g/mol. The van der Waals surface area contributed by atoms with Gasteiger partial charge in [-0.2, -0.15) is 0 Å². The predicted molar refractivity (Wildman–Crippen MR) is 107 cm³/mol. The lowest BCUT2D eigenvalue weighted by molar-refractivity contribution is -0.136. The Labute approximate surface area is 168 Å². The Morgan fingerprint density at radius 2 is 1.97 bits per heavy atom. The monoisotopic (exact) mass is 393 g/mol. The highest BCUT2D eigenvalue weighted by Crippen LogP contribution is 2.30. The minimum atomic E-state index is -0.611. The highest BCUT2D eigenvalue weighted by molar-refractivity contribution is 6.05. The van der Waals surface area contributed by atoms with Gasteiger partial charge < -0.3 is 10.2 Å². The summed E-state index contributed by atoms with van der Waals surface area (Å²) in [5.74, 6) is 0.537. The van der Waals surface area contributed by atoms with Gasteiger partial charge in [0.25, 0.3) is 5.91 Å². The summed E-state index contributed by atoms with van der Waals surface area (Å²) in [7, 11) is 0. The van der Waals surface area contributed by atoms with Crippen LogP contribution in [-0.2, 0) is 21.5 Å². The number of carbonyl (C=O) groups excluding carboxylic acids is 3. The molecule has 29 heavy (non-hydrogen) atoms. The lowest BCUT2D eigenvalue weighted by atomic mass is 9.96. The Kier molecular flexibility index (Phi) is 4.56. The maximum atomic E-state index is 12.8. The zero-order valence-electron chi connectivity index (χ0n) is 16.7. The number of nitrogens with one attached hydrogen (secondary N) is 2. The summed E-state index contributed by atoms with van der Waals surface area (Å²) < 4.78 is 0. The van der Waals surface area contributed by atoms with E-state index in [2.05, 4.69) is 41.4 Å². The minimum absolute atomic E-state index is 0.162. The van der Waals surface area contributed by atoms with Crippen molar-refractivity contribution >= 4 is 29.2 Å². The van der Waals surface area contributed by atoms with Crippen LogP contribution in [0.4, 0.5) is 11.5 Å². The zero-order chi connectivity index (χ0) is 20.8. The quantitative estimate of drug-likeness (QED) is 0.776. The van der Waals surface area contributed by atoms with Crippen LogP contribution in [0.25, 0.3) is 0 Å². The fourth-order valence-corrected chi connectivity index (χ4v) is 3.59. The number of fused-ring (bicyclic) bond motifs is 1. The number of anilines is 2. The third-order valence-corrected chi connectivity index (χ3v) is 5.12. The van der Waals surface area contributed by atoms with Gasteiger partial charge in [-0.15, -0.1) is 0 Å². The second-order valence-electron chi connectivity index (χ2n) is 8.41. The molecule has 0 radical (unpaired) electrons. The van der Waals surface area contributed by atoms with Gasteiger partial charge in [0, 0.05) is 35.8 Å². The molecule has 4 rings (SSSR count). The second kappa shape index (κ2) is 6.95. The summed E-state index contributed by atoms with van der Waals surface area (Å²) in [5, 5.41) is 5.58. The molecule has 0 spiro atoms. The third kappa shape index (κ3) is 3.70. The van der Waals surface area contributed by atoms with E-state index in [1.807, 2.05) is 12.1 Å². The molecule has 0 bridgehead atoms. The van der Waals surface area contributed by atoms with Gasteiger partial charge in [-0.3, -0.25) is 19.7 Å². The fourth-order valence-electron chi connectivity index (χ4n) is 3.59. The van der Waals surface area contributed by atoms with E-state index >= 15 is 0 Å². The van der Waals surface area contributed by atoms with Gasteiger partial charge in [-0.05, 0) is 36.2 Å². The van der Waals surface area contributed by atoms with Gasteiger partial charge in [0.15, 0.2) is 0 Å². The van der Waals surface area contributed by atoms with Crippen molar-refractivity contribution in [3.8, 4) is 0 Å². The largest absolute Gasteiger partial charge is 0.340 e. The summed E-state index contributed by atoms with van der Waals surface area (Å²) in [5.41, 5.74) is 2.07. The molecule has 1 aromatic carbocycles. The first-order chi connectivity index (χ1) is 13.7. The van der Waals surface area contributed by atoms with Crippen LogP contribution in [-0.4, -0.2) is 38.6 Å². The van der Waals surface area contributed by atoms with Gasteiger partial charge in [-0.1, -0.05) is 20.8 Å². The van der Waals surface area contributed by atoms with Gasteiger partial charge in [0.05, 0.1) is 0 Å². The van der Waals surface area contributed by atoms with E-state index in [0.717, 1.165) is 17.1 Å². The maximum absolute atomic E-state index is 12.8. The highest BCUT2D eigenvalue weighted by atomic mass is 16.2. The summed E-state index contributed by atoms with van der Waals surface area (Å²) in [4.78, 5) is 46.7. The Morgan fingerprint density at radius 3 is 2.69 bits per heavy atom. The van der Waals surface area contributed by atoms with Crippen LogP contribution in [0.1, 0.15) is 55.4 Å². The standard InChI is InChI=1S/C21H23N5O3/c1-21(2,3)20-22-9-8-16(24-20)23-13-4-5-14-12(10-13)11-26(19(14)29)15-6-7-17(27)25-18(15)28/h4-5,8-10,15H,6-7,11H2,1-3H3,(H,22,23,24)(H,25,27,28). The van der Waals surface area contributed by atoms with E-state index in [9.17, 15) is 14.4 Å². The van der Waals surface area contributed by atoms with Gasteiger partial charge >= 0.3 is 0 Å². The number of carbonyl (C=O) groups is 3. The molecule has 2 aliphatic rings. The van der Waals surface area contributed by atoms with E-state index < -0.39 is 11.9 Å². The van der Waals surface area contributed by atoms with E-state index in [-0.39, 0.29) is 23.7 Å². The number of rotatable bonds is 3. The third-order valence-electron chi connectivity index (χ3n) is 5.12. The Bertz CT molecular complexity index is 1010. The van der Waals surface area contributed by atoms with Crippen LogP contribution in [0, 0.1) is 0 Å². The SMILES string of the molecule is CC(C)(C)c1nccc(Nc2ccc3c(c2)CN(C2CCC(=O)NC2=O)C3=O)n1. The van der Waals surface area contributed by atoms with Crippen molar-refractivity contribution in [2.75, 3.05) is 5.32 Å². The van der Waals surface area contributed by atoms with Crippen molar-refractivity contribution < 1.29 is 14.4 Å². The van der Waals surface area contributed by atoms with Crippen LogP contribution < -0.4 is 10.6 Å². The summed E-state index contributed by atoms with van der Waals surface area (Å²) in [6.45, 7) is 6.50. The smallest absolute Gasteiger partial charge is 0.255 e. The Morgan fingerprint density at radius 1 is 1.17 bits per heavy atom. The number of piperidine rings is 1. The zero-order valence-corrected chi connectivity index (χ0v) is 16.7. The normalized spacial score (nSPS) is 19.2. The minimum Gasteiger partial charge on any atom is -0.340 e. The van der Waals surface area contributed by atoms with Crippen LogP contribution >= 0.6 is 0 Å². The lowest BCUT2D eigenvalue weighted by Crippen LogP contribution is -2.52. The molecule has 1 atom stereocenters. The second-order valence-corrected chi connectivity index (χ2v) is 8.41. The summed E-state index contributed by atoms with van der Waals surface area (Å²) in [6, 6.07) is 6.67. The summed E-state index contributed by atoms with van der Waals surface area (Å²) >= 11 is 0. The van der Waals surface area contributed by atoms with Crippen molar-refractivity contribution in [1.82, 2.24) is 20.2 Å². The van der Waals surface area contributed by atoms with Crippen molar-refractivity contribution in [2.24, 2.45) is 0 Å². The van der Waals surface area contributed by atoms with Gasteiger partial charge in [0.1, 0.15) is 17.7 Å². The summed E-state index contributed by atoms with van der Waals surface area (Å²) in [6.07, 6.45) is 2.32. The molecule has 1 unspecified atom stereocenters. The van der Waals surface area contributed by atoms with Crippen molar-refractivity contribution in [2.45, 2.75) is 51.6 Å². The predicted octanol–water partition coefficient (Wildman–Crippen LogP) is 2.28. The fraction of sp³-hybridized carbons (Fsp3) is 0.381. The van der Waals surface area contributed by atoms with Gasteiger partial charge in [-0.25, -0.2) is 9.97 Å². The number of benzene rings is 1. The number of imide groups is 1. The molecule has 1 fully saturated rings. The molecule has 1 saturated heterocycles. The molecule has 1 aromatic heterocycles. The van der Waals surface area contributed by atoms with E-state index in [4.69, 9.17) is 0 Å². The molecule has 3 heterocycles. The van der Waals surface area contributed by atoms with Crippen LogP contribution in [0.5, 0.6) is 0 Å². The van der Waals surface area contributed by atoms with Crippen molar-refractivity contribution in [1.29, 1.82) is 0 Å². The van der Waals surface area contributed by atoms with E-state index in [0.29, 0.717) is 24.3 Å². The van der Waals surface area contributed by atoms with Crippen LogP contribution in [0.2, 0.25) is 0 Å². The molecule has 3 amide bonds. The molecular weight excluding hydrogens is 370 g/mol. The number of nitrogens with zero attached hydrogens (tertiary/aromatic N) is 3.